The van der Waals surface area contributed by atoms with Crippen LogP contribution in [0.25, 0.3) is 11.4 Å². The SMILES string of the molecule is N#Cc1c(NC(=O)CCSc2nnc(-c3ccncc3)n2N)sc2c1CCCC2. The number of aromatic nitrogens is 4. The largest absolute Gasteiger partial charge is 0.335 e. The monoisotopic (exact) mass is 425 g/mol. The zero-order valence-electron chi connectivity index (χ0n) is 15.6. The molecule has 0 spiro atoms. The smallest absolute Gasteiger partial charge is 0.225 e. The van der Waals surface area contributed by atoms with Crippen molar-refractivity contribution in [1.82, 2.24) is 19.9 Å². The number of thiophene rings is 1. The second kappa shape index (κ2) is 8.63. The van der Waals surface area contributed by atoms with Crippen LogP contribution in [-0.2, 0) is 17.6 Å². The fourth-order valence-electron chi connectivity index (χ4n) is 3.27. The van der Waals surface area contributed by atoms with Crippen LogP contribution in [0, 0.1) is 11.3 Å². The van der Waals surface area contributed by atoms with Gasteiger partial charge in [-0.25, -0.2) is 4.68 Å². The number of pyridine rings is 1. The van der Waals surface area contributed by atoms with Gasteiger partial charge in [0.25, 0.3) is 0 Å². The molecule has 0 aliphatic heterocycles. The molecule has 0 unspecified atom stereocenters. The number of thioether (sulfide) groups is 1. The Morgan fingerprint density at radius 3 is 2.90 bits per heavy atom. The second-order valence-corrected chi connectivity index (χ2v) is 8.75. The van der Waals surface area contributed by atoms with Crippen molar-refractivity contribution >= 4 is 34.0 Å². The molecule has 0 saturated carbocycles. The summed E-state index contributed by atoms with van der Waals surface area (Å²) in [6.45, 7) is 0. The first-order valence-electron chi connectivity index (χ1n) is 9.25. The Labute approximate surface area is 176 Å². The number of nitrogens with one attached hydrogen (secondary N) is 1. The number of amides is 1. The van der Waals surface area contributed by atoms with E-state index < -0.39 is 0 Å². The molecule has 3 aromatic rings. The number of anilines is 1. The Kier molecular flexibility index (Phi) is 5.78. The number of hydrogen-bond donors (Lipinski definition) is 2. The molecule has 0 bridgehead atoms. The van der Waals surface area contributed by atoms with Crippen molar-refractivity contribution < 1.29 is 4.79 Å². The Morgan fingerprint density at radius 1 is 1.31 bits per heavy atom. The molecule has 0 saturated heterocycles. The summed E-state index contributed by atoms with van der Waals surface area (Å²) in [6.07, 6.45) is 7.78. The molecule has 8 nitrogen and oxygen atoms in total. The summed E-state index contributed by atoms with van der Waals surface area (Å²) in [5.74, 6) is 7.01. The molecule has 4 rings (SSSR count). The van der Waals surface area contributed by atoms with Crippen LogP contribution in [0.3, 0.4) is 0 Å². The molecule has 0 atom stereocenters. The second-order valence-electron chi connectivity index (χ2n) is 6.59. The highest BCUT2D eigenvalue weighted by molar-refractivity contribution is 7.99. The molecular formula is C19H19N7OS2. The van der Waals surface area contributed by atoms with Gasteiger partial charge in [0, 0.05) is 35.0 Å². The molecule has 3 N–H and O–H groups in total. The zero-order valence-corrected chi connectivity index (χ0v) is 17.2. The van der Waals surface area contributed by atoms with Crippen molar-refractivity contribution in [3.63, 3.8) is 0 Å². The van der Waals surface area contributed by atoms with E-state index in [0.29, 0.717) is 27.3 Å². The van der Waals surface area contributed by atoms with Crippen LogP contribution in [0.1, 0.15) is 35.3 Å². The third-order valence-corrected chi connectivity index (χ3v) is 6.85. The average Bonchev–Trinajstić information content (AvgIpc) is 3.28. The van der Waals surface area contributed by atoms with E-state index in [2.05, 4.69) is 26.6 Å². The number of carbonyl (C=O) groups excluding carboxylic acids is 1. The Morgan fingerprint density at radius 2 is 2.10 bits per heavy atom. The lowest BCUT2D eigenvalue weighted by Crippen LogP contribution is -2.14. The lowest BCUT2D eigenvalue weighted by molar-refractivity contribution is -0.115. The van der Waals surface area contributed by atoms with Crippen LogP contribution >= 0.6 is 23.1 Å². The highest BCUT2D eigenvalue weighted by Crippen LogP contribution is 2.37. The summed E-state index contributed by atoms with van der Waals surface area (Å²) >= 11 is 2.90. The topological polar surface area (TPSA) is 123 Å². The quantitative estimate of drug-likeness (QED) is 0.460. The molecule has 0 radical (unpaired) electrons. The lowest BCUT2D eigenvalue weighted by Gasteiger charge is -2.09. The summed E-state index contributed by atoms with van der Waals surface area (Å²) in [5.41, 5.74) is 2.58. The molecule has 1 amide bonds. The van der Waals surface area contributed by atoms with Gasteiger partial charge in [0.2, 0.25) is 11.1 Å². The Balaban J connectivity index is 1.35. The van der Waals surface area contributed by atoms with Crippen LogP contribution in [0.15, 0.2) is 29.7 Å². The van der Waals surface area contributed by atoms with Crippen LogP contribution in [-0.4, -0.2) is 31.5 Å². The van der Waals surface area contributed by atoms with Gasteiger partial charge in [0.05, 0.1) is 5.56 Å². The highest BCUT2D eigenvalue weighted by atomic mass is 32.2. The minimum atomic E-state index is -0.120. The fourth-order valence-corrected chi connectivity index (χ4v) is 5.32. The molecule has 0 aromatic carbocycles. The van der Waals surface area contributed by atoms with E-state index in [0.717, 1.165) is 36.8 Å². The van der Waals surface area contributed by atoms with Crippen molar-refractivity contribution in [2.45, 2.75) is 37.3 Å². The Hall–Kier alpha value is -2.90. The van der Waals surface area contributed by atoms with Crippen LogP contribution in [0.2, 0.25) is 0 Å². The maximum Gasteiger partial charge on any atom is 0.225 e. The molecule has 29 heavy (non-hydrogen) atoms. The first-order valence-corrected chi connectivity index (χ1v) is 11.1. The van der Waals surface area contributed by atoms with Gasteiger partial charge in [-0.3, -0.25) is 9.78 Å². The number of rotatable bonds is 6. The number of nitrogen functional groups attached to an aromatic ring is 1. The average molecular weight is 426 g/mol. The minimum absolute atomic E-state index is 0.120. The summed E-state index contributed by atoms with van der Waals surface area (Å²) in [6, 6.07) is 5.88. The third kappa shape index (κ3) is 4.11. The van der Waals surface area contributed by atoms with E-state index >= 15 is 0 Å². The Bertz CT molecular complexity index is 1070. The van der Waals surface area contributed by atoms with Gasteiger partial charge in [0.1, 0.15) is 11.1 Å². The molecule has 148 valence electrons. The summed E-state index contributed by atoms with van der Waals surface area (Å²) in [7, 11) is 0. The summed E-state index contributed by atoms with van der Waals surface area (Å²) in [4.78, 5) is 17.6. The first kappa shape index (κ1) is 19.4. The van der Waals surface area contributed by atoms with E-state index in [1.807, 2.05) is 12.1 Å². The van der Waals surface area contributed by atoms with Gasteiger partial charge in [-0.15, -0.1) is 21.5 Å². The summed E-state index contributed by atoms with van der Waals surface area (Å²) in [5, 5.41) is 21.8. The van der Waals surface area contributed by atoms with E-state index in [1.165, 1.54) is 32.7 Å². The number of hydrogen-bond acceptors (Lipinski definition) is 8. The lowest BCUT2D eigenvalue weighted by atomic mass is 9.96. The van der Waals surface area contributed by atoms with E-state index in [-0.39, 0.29) is 12.3 Å². The first-order chi connectivity index (χ1) is 14.2. The van der Waals surface area contributed by atoms with E-state index in [9.17, 15) is 10.1 Å². The summed E-state index contributed by atoms with van der Waals surface area (Å²) < 4.78 is 1.42. The van der Waals surface area contributed by atoms with Crippen LogP contribution < -0.4 is 11.2 Å². The number of fused-ring (bicyclic) bond motifs is 1. The standard InChI is InChI=1S/C19H19N7OS2/c20-11-14-13-3-1-2-4-15(13)29-18(14)23-16(27)7-10-28-19-25-24-17(26(19)21)12-5-8-22-9-6-12/h5-6,8-9H,1-4,7,10,21H2,(H,23,27). The predicted molar refractivity (Wildman–Crippen MR) is 113 cm³/mol. The van der Waals surface area contributed by atoms with Crippen molar-refractivity contribution in [3.8, 4) is 17.5 Å². The maximum absolute atomic E-state index is 12.4. The molecule has 0 fully saturated rings. The normalized spacial score (nSPS) is 12.9. The number of nitrogens with zero attached hydrogens (tertiary/aromatic N) is 5. The van der Waals surface area contributed by atoms with Crippen LogP contribution in [0.4, 0.5) is 5.00 Å². The minimum Gasteiger partial charge on any atom is -0.335 e. The van der Waals surface area contributed by atoms with Gasteiger partial charge in [-0.05, 0) is 43.4 Å². The van der Waals surface area contributed by atoms with Crippen LogP contribution in [0.5, 0.6) is 0 Å². The van der Waals surface area contributed by atoms with Gasteiger partial charge in [0.15, 0.2) is 5.82 Å². The molecule has 1 aliphatic carbocycles. The number of nitriles is 1. The molecule has 1 aliphatic rings. The molecule has 3 aromatic heterocycles. The number of nitrogens with two attached hydrogens (primary N) is 1. The van der Waals surface area contributed by atoms with E-state index in [1.54, 1.807) is 12.4 Å². The van der Waals surface area contributed by atoms with Crippen molar-refractivity contribution in [2.24, 2.45) is 0 Å². The molecule has 10 heteroatoms. The van der Waals surface area contributed by atoms with Gasteiger partial charge < -0.3 is 11.2 Å². The number of aryl methyl sites for hydroxylation is 1. The van der Waals surface area contributed by atoms with E-state index in [4.69, 9.17) is 5.84 Å². The number of carbonyl (C=O) groups is 1. The van der Waals surface area contributed by atoms with Gasteiger partial charge in [-0.1, -0.05) is 11.8 Å². The maximum atomic E-state index is 12.4. The molecular weight excluding hydrogens is 406 g/mol. The highest BCUT2D eigenvalue weighted by Gasteiger charge is 2.21. The van der Waals surface area contributed by atoms with Crippen molar-refractivity contribution in [1.29, 1.82) is 5.26 Å². The predicted octanol–water partition coefficient (Wildman–Crippen LogP) is 2.99. The third-order valence-electron chi connectivity index (χ3n) is 4.70. The van der Waals surface area contributed by atoms with Crippen molar-refractivity contribution in [2.75, 3.05) is 16.9 Å². The van der Waals surface area contributed by atoms with Gasteiger partial charge in [-0.2, -0.15) is 5.26 Å². The van der Waals surface area contributed by atoms with Crippen molar-refractivity contribution in [3.05, 3.63) is 40.5 Å². The molecule has 3 heterocycles. The zero-order chi connectivity index (χ0) is 20.2. The van der Waals surface area contributed by atoms with Gasteiger partial charge >= 0.3 is 0 Å². The fraction of sp³-hybridized carbons (Fsp3) is 0.316.